The molecule has 2 heterocycles. The number of nitrogens with zero attached hydrogens (tertiary/aromatic N) is 2. The molecule has 1 N–H and O–H groups in total. The Bertz CT molecular complexity index is 533. The summed E-state index contributed by atoms with van der Waals surface area (Å²) in [5.74, 6) is 1.41. The second-order valence-corrected chi connectivity index (χ2v) is 5.34. The van der Waals surface area contributed by atoms with Crippen LogP contribution in [-0.2, 0) is 6.54 Å². The predicted molar refractivity (Wildman–Crippen MR) is 69.7 cm³/mol. The topological polar surface area (TPSA) is 33.6 Å². The zero-order valence-corrected chi connectivity index (χ0v) is 11.3. The maximum atomic E-state index is 5.26. The predicted octanol–water partition coefficient (Wildman–Crippen LogP) is 3.48. The normalized spacial score (nSPS) is 11.2. The van der Waals surface area contributed by atoms with E-state index in [0.717, 1.165) is 12.4 Å². The molecule has 0 bridgehead atoms. The van der Waals surface area contributed by atoms with E-state index in [1.165, 1.54) is 11.1 Å². The van der Waals surface area contributed by atoms with Gasteiger partial charge in [0.05, 0.1) is 6.54 Å². The number of aryl methyl sites for hydroxylation is 1. The first-order valence-electron chi connectivity index (χ1n) is 5.26. The van der Waals surface area contributed by atoms with Crippen molar-refractivity contribution < 1.29 is 0 Å². The summed E-state index contributed by atoms with van der Waals surface area (Å²) < 4.78 is 2.78. The van der Waals surface area contributed by atoms with Crippen molar-refractivity contribution in [2.45, 2.75) is 33.2 Å². The Hall–Kier alpha value is -0.940. The van der Waals surface area contributed by atoms with Crippen LogP contribution in [-0.4, -0.2) is 14.8 Å². The van der Waals surface area contributed by atoms with Crippen molar-refractivity contribution in [3.8, 4) is 0 Å². The summed E-state index contributed by atoms with van der Waals surface area (Å²) in [6.07, 6.45) is 0. The van der Waals surface area contributed by atoms with Gasteiger partial charge in [0, 0.05) is 5.92 Å². The highest BCUT2D eigenvalue weighted by Gasteiger charge is 2.11. The molecule has 16 heavy (non-hydrogen) atoms. The van der Waals surface area contributed by atoms with Crippen LogP contribution in [0.25, 0.3) is 0 Å². The molecule has 3 nitrogen and oxygen atoms in total. The first-order chi connectivity index (χ1) is 7.59. The van der Waals surface area contributed by atoms with Gasteiger partial charge < -0.3 is 0 Å². The molecule has 0 aliphatic heterocycles. The zero-order chi connectivity index (χ0) is 11.7. The minimum absolute atomic E-state index is 0.381. The third kappa shape index (κ3) is 2.10. The summed E-state index contributed by atoms with van der Waals surface area (Å²) in [6.45, 7) is 7.20. The van der Waals surface area contributed by atoms with Crippen LogP contribution in [0.4, 0.5) is 0 Å². The van der Waals surface area contributed by atoms with E-state index in [2.05, 4.69) is 46.3 Å². The molecule has 0 saturated carbocycles. The summed E-state index contributed by atoms with van der Waals surface area (Å²) >= 11 is 6.99. The Morgan fingerprint density at radius 3 is 2.81 bits per heavy atom. The van der Waals surface area contributed by atoms with E-state index >= 15 is 0 Å². The van der Waals surface area contributed by atoms with Crippen molar-refractivity contribution in [1.29, 1.82) is 0 Å². The van der Waals surface area contributed by atoms with Gasteiger partial charge in [-0.15, -0.1) is 0 Å². The summed E-state index contributed by atoms with van der Waals surface area (Å²) in [7, 11) is 0. The van der Waals surface area contributed by atoms with Gasteiger partial charge in [-0.2, -0.15) is 16.4 Å². The molecule has 0 spiro atoms. The van der Waals surface area contributed by atoms with Gasteiger partial charge in [0.2, 0.25) is 0 Å². The fourth-order valence-electron chi connectivity index (χ4n) is 1.64. The lowest BCUT2D eigenvalue weighted by Gasteiger charge is -2.08. The van der Waals surface area contributed by atoms with Gasteiger partial charge in [-0.3, -0.25) is 9.67 Å². The quantitative estimate of drug-likeness (QED) is 0.850. The van der Waals surface area contributed by atoms with Gasteiger partial charge in [-0.25, -0.2) is 0 Å². The van der Waals surface area contributed by atoms with E-state index in [0.29, 0.717) is 10.7 Å². The number of nitrogens with one attached hydrogen (secondary N) is 1. The molecule has 0 aliphatic carbocycles. The molecule has 2 aromatic rings. The number of H-pyrrole nitrogens is 1. The zero-order valence-electron chi connectivity index (χ0n) is 9.65. The average molecular weight is 253 g/mol. The van der Waals surface area contributed by atoms with Crippen molar-refractivity contribution in [2.75, 3.05) is 0 Å². The lowest BCUT2D eigenvalue weighted by molar-refractivity contribution is 0.664. The van der Waals surface area contributed by atoms with Gasteiger partial charge in [-0.1, -0.05) is 13.8 Å². The highest BCUT2D eigenvalue weighted by Crippen LogP contribution is 2.18. The number of hydrogen-bond acceptors (Lipinski definition) is 3. The Kier molecular flexibility index (Phi) is 3.25. The van der Waals surface area contributed by atoms with E-state index in [1.807, 2.05) is 0 Å². The van der Waals surface area contributed by atoms with Gasteiger partial charge in [0.25, 0.3) is 0 Å². The number of aromatic nitrogens is 3. The van der Waals surface area contributed by atoms with Crippen LogP contribution in [0, 0.1) is 11.7 Å². The third-order valence-corrected chi connectivity index (χ3v) is 3.82. The van der Waals surface area contributed by atoms with Gasteiger partial charge in [0.1, 0.15) is 5.82 Å². The number of hydrogen-bond donors (Lipinski definition) is 1. The standard InChI is InChI=1S/C11H15N3S2/c1-7(2)10-12-13-11(15)14(10)4-9-6-16-5-8(9)3/h5-7H,4H2,1-3H3,(H,13,15). The maximum absolute atomic E-state index is 5.26. The van der Waals surface area contributed by atoms with Crippen molar-refractivity contribution in [2.24, 2.45) is 0 Å². The second kappa shape index (κ2) is 4.51. The van der Waals surface area contributed by atoms with Gasteiger partial charge in [-0.05, 0) is 41.0 Å². The summed E-state index contributed by atoms with van der Waals surface area (Å²) in [5.41, 5.74) is 2.65. The molecule has 0 amide bonds. The van der Waals surface area contributed by atoms with E-state index in [1.54, 1.807) is 11.3 Å². The van der Waals surface area contributed by atoms with Gasteiger partial charge in [0.15, 0.2) is 4.77 Å². The van der Waals surface area contributed by atoms with E-state index in [4.69, 9.17) is 12.2 Å². The average Bonchev–Trinajstić information content (AvgIpc) is 2.76. The molecular weight excluding hydrogens is 238 g/mol. The first-order valence-corrected chi connectivity index (χ1v) is 6.61. The van der Waals surface area contributed by atoms with Gasteiger partial charge >= 0.3 is 0 Å². The van der Waals surface area contributed by atoms with Crippen LogP contribution in [0.5, 0.6) is 0 Å². The Labute approximate surface area is 104 Å². The molecule has 2 aromatic heterocycles. The molecule has 2 rings (SSSR count). The molecule has 0 aromatic carbocycles. The molecule has 0 radical (unpaired) electrons. The monoisotopic (exact) mass is 253 g/mol. The highest BCUT2D eigenvalue weighted by molar-refractivity contribution is 7.71. The van der Waals surface area contributed by atoms with Crippen molar-refractivity contribution in [3.05, 3.63) is 32.5 Å². The molecule has 0 saturated heterocycles. The smallest absolute Gasteiger partial charge is 0.195 e. The molecule has 0 atom stereocenters. The summed E-state index contributed by atoms with van der Waals surface area (Å²) in [6, 6.07) is 0. The Balaban J connectivity index is 2.38. The SMILES string of the molecule is Cc1cscc1Cn1c(C(C)C)n[nH]c1=S. The highest BCUT2D eigenvalue weighted by atomic mass is 32.1. The lowest BCUT2D eigenvalue weighted by Crippen LogP contribution is -2.07. The fraction of sp³-hybridized carbons (Fsp3) is 0.455. The van der Waals surface area contributed by atoms with Crippen LogP contribution in [0.3, 0.4) is 0 Å². The lowest BCUT2D eigenvalue weighted by atomic mass is 10.2. The number of thiophene rings is 1. The van der Waals surface area contributed by atoms with E-state index in [-0.39, 0.29) is 0 Å². The van der Waals surface area contributed by atoms with Crippen LogP contribution < -0.4 is 0 Å². The number of rotatable bonds is 3. The molecule has 5 heteroatoms. The Morgan fingerprint density at radius 1 is 1.50 bits per heavy atom. The van der Waals surface area contributed by atoms with E-state index < -0.39 is 0 Å². The van der Waals surface area contributed by atoms with Crippen LogP contribution in [0.2, 0.25) is 0 Å². The minimum Gasteiger partial charge on any atom is -0.299 e. The minimum atomic E-state index is 0.381. The fourth-order valence-corrected chi connectivity index (χ4v) is 2.69. The van der Waals surface area contributed by atoms with Crippen molar-refractivity contribution in [1.82, 2.24) is 14.8 Å². The first kappa shape index (κ1) is 11.5. The number of aromatic amines is 1. The largest absolute Gasteiger partial charge is 0.299 e. The summed E-state index contributed by atoms with van der Waals surface area (Å²) in [5, 5.41) is 11.5. The molecule has 0 unspecified atom stereocenters. The van der Waals surface area contributed by atoms with Crippen LogP contribution in [0.1, 0.15) is 36.7 Å². The van der Waals surface area contributed by atoms with Crippen molar-refractivity contribution in [3.63, 3.8) is 0 Å². The Morgan fingerprint density at radius 2 is 2.25 bits per heavy atom. The second-order valence-electron chi connectivity index (χ2n) is 4.21. The van der Waals surface area contributed by atoms with Crippen LogP contribution in [0.15, 0.2) is 10.8 Å². The summed E-state index contributed by atoms with van der Waals surface area (Å²) in [4.78, 5) is 0. The maximum Gasteiger partial charge on any atom is 0.195 e. The molecular formula is C11H15N3S2. The molecule has 0 fully saturated rings. The van der Waals surface area contributed by atoms with E-state index in [9.17, 15) is 0 Å². The van der Waals surface area contributed by atoms with Crippen LogP contribution >= 0.6 is 23.6 Å². The van der Waals surface area contributed by atoms with Crippen molar-refractivity contribution >= 4 is 23.6 Å². The third-order valence-electron chi connectivity index (χ3n) is 2.59. The molecule has 86 valence electrons. The molecule has 0 aliphatic rings.